The van der Waals surface area contributed by atoms with E-state index in [4.69, 9.17) is 5.26 Å². The highest BCUT2D eigenvalue weighted by Gasteiger charge is 2.21. The van der Waals surface area contributed by atoms with Crippen LogP contribution in [-0.4, -0.2) is 48.6 Å². The fraction of sp³-hybridized carbons (Fsp3) is 0.923. The second-order valence-electron chi connectivity index (χ2n) is 5.08. The lowest BCUT2D eigenvalue weighted by Gasteiger charge is -2.31. The van der Waals surface area contributed by atoms with Crippen LogP contribution < -0.4 is 0 Å². The zero-order chi connectivity index (χ0) is 11.2. The van der Waals surface area contributed by atoms with Crippen molar-refractivity contribution in [3.8, 4) is 6.07 Å². The first-order valence-corrected chi connectivity index (χ1v) is 6.76. The summed E-state index contributed by atoms with van der Waals surface area (Å²) < 4.78 is 0. The van der Waals surface area contributed by atoms with E-state index in [-0.39, 0.29) is 6.04 Å². The zero-order valence-corrected chi connectivity index (χ0v) is 10.2. The van der Waals surface area contributed by atoms with Gasteiger partial charge in [0.1, 0.15) is 0 Å². The van der Waals surface area contributed by atoms with E-state index in [9.17, 15) is 0 Å². The molecule has 2 rings (SSSR count). The summed E-state index contributed by atoms with van der Waals surface area (Å²) in [7, 11) is 0. The van der Waals surface area contributed by atoms with Gasteiger partial charge in [-0.3, -0.25) is 4.90 Å². The quantitative estimate of drug-likeness (QED) is 0.726. The van der Waals surface area contributed by atoms with Crippen LogP contribution in [0.2, 0.25) is 0 Å². The van der Waals surface area contributed by atoms with Crippen LogP contribution >= 0.6 is 0 Å². The monoisotopic (exact) mass is 221 g/mol. The van der Waals surface area contributed by atoms with Crippen LogP contribution in [0.1, 0.15) is 38.5 Å². The standard InChI is InChI=1S/C13H23N3/c14-12-13-6-1-2-10-16(13)11-5-9-15-7-3-4-8-15/h13H,1-11H2. The van der Waals surface area contributed by atoms with Crippen molar-refractivity contribution >= 4 is 0 Å². The molecule has 0 aromatic carbocycles. The molecule has 2 aliphatic rings. The molecule has 2 saturated heterocycles. The molecule has 0 N–H and O–H groups in total. The molecule has 3 heteroatoms. The van der Waals surface area contributed by atoms with E-state index in [0.29, 0.717) is 0 Å². The maximum atomic E-state index is 9.07. The van der Waals surface area contributed by atoms with E-state index in [1.54, 1.807) is 0 Å². The highest BCUT2D eigenvalue weighted by molar-refractivity contribution is 4.93. The van der Waals surface area contributed by atoms with Crippen molar-refractivity contribution in [2.45, 2.75) is 44.6 Å². The van der Waals surface area contributed by atoms with E-state index in [2.05, 4.69) is 15.9 Å². The third-order valence-electron chi connectivity index (χ3n) is 3.88. The Labute approximate surface area is 99.0 Å². The van der Waals surface area contributed by atoms with Crippen LogP contribution in [0, 0.1) is 11.3 Å². The fourth-order valence-electron chi connectivity index (χ4n) is 2.91. The molecule has 0 aromatic heterocycles. The molecule has 0 amide bonds. The highest BCUT2D eigenvalue weighted by atomic mass is 15.2. The van der Waals surface area contributed by atoms with E-state index < -0.39 is 0 Å². The minimum absolute atomic E-state index is 0.201. The molecule has 1 unspecified atom stereocenters. The summed E-state index contributed by atoms with van der Waals surface area (Å²) in [6.45, 7) is 6.07. The predicted octanol–water partition coefficient (Wildman–Crippen LogP) is 1.85. The Bertz CT molecular complexity index is 240. The van der Waals surface area contributed by atoms with Crippen molar-refractivity contribution in [2.24, 2.45) is 0 Å². The van der Waals surface area contributed by atoms with Gasteiger partial charge in [-0.15, -0.1) is 0 Å². The van der Waals surface area contributed by atoms with Crippen LogP contribution in [0.4, 0.5) is 0 Å². The Morgan fingerprint density at radius 2 is 1.75 bits per heavy atom. The lowest BCUT2D eigenvalue weighted by atomic mass is 10.0. The molecule has 0 spiro atoms. The second kappa shape index (κ2) is 6.22. The minimum atomic E-state index is 0.201. The number of rotatable bonds is 4. The van der Waals surface area contributed by atoms with Gasteiger partial charge in [-0.1, -0.05) is 0 Å². The first-order chi connectivity index (χ1) is 7.90. The topological polar surface area (TPSA) is 30.3 Å². The molecule has 0 bridgehead atoms. The summed E-state index contributed by atoms with van der Waals surface area (Å²) in [5.74, 6) is 0. The van der Waals surface area contributed by atoms with Gasteiger partial charge < -0.3 is 4.90 Å². The number of nitriles is 1. The summed E-state index contributed by atoms with van der Waals surface area (Å²) in [5.41, 5.74) is 0. The lowest BCUT2D eigenvalue weighted by Crippen LogP contribution is -2.40. The Morgan fingerprint density at radius 1 is 1.00 bits per heavy atom. The SMILES string of the molecule is N#CC1CCCCN1CCCN1CCCC1. The molecule has 0 aliphatic carbocycles. The molecule has 3 nitrogen and oxygen atoms in total. The van der Waals surface area contributed by atoms with E-state index in [1.165, 1.54) is 51.7 Å². The molecule has 0 saturated carbocycles. The average Bonchev–Trinajstić information content (AvgIpc) is 2.83. The van der Waals surface area contributed by atoms with Gasteiger partial charge in [0.2, 0.25) is 0 Å². The molecule has 0 radical (unpaired) electrons. The highest BCUT2D eigenvalue weighted by Crippen LogP contribution is 2.16. The van der Waals surface area contributed by atoms with Gasteiger partial charge in [0.25, 0.3) is 0 Å². The molecular weight excluding hydrogens is 198 g/mol. The molecule has 2 aliphatic heterocycles. The third kappa shape index (κ3) is 3.20. The molecule has 2 heterocycles. The Kier molecular flexibility index (Phi) is 4.62. The average molecular weight is 221 g/mol. The van der Waals surface area contributed by atoms with E-state index in [0.717, 1.165) is 19.5 Å². The summed E-state index contributed by atoms with van der Waals surface area (Å²) in [4.78, 5) is 4.95. The van der Waals surface area contributed by atoms with Crippen LogP contribution in [0.15, 0.2) is 0 Å². The van der Waals surface area contributed by atoms with E-state index >= 15 is 0 Å². The first-order valence-electron chi connectivity index (χ1n) is 6.76. The second-order valence-corrected chi connectivity index (χ2v) is 5.08. The number of hydrogen-bond acceptors (Lipinski definition) is 3. The van der Waals surface area contributed by atoms with Gasteiger partial charge >= 0.3 is 0 Å². The van der Waals surface area contributed by atoms with Crippen LogP contribution in [0.25, 0.3) is 0 Å². The smallest absolute Gasteiger partial charge is 0.0977 e. The third-order valence-corrected chi connectivity index (χ3v) is 3.88. The fourth-order valence-corrected chi connectivity index (χ4v) is 2.91. The normalized spacial score (nSPS) is 28.1. The maximum absolute atomic E-state index is 9.07. The maximum Gasteiger partial charge on any atom is 0.0977 e. The van der Waals surface area contributed by atoms with Crippen molar-refractivity contribution in [3.63, 3.8) is 0 Å². The summed E-state index contributed by atoms with van der Waals surface area (Å²) in [6, 6.07) is 2.65. The summed E-state index contributed by atoms with van der Waals surface area (Å²) in [6.07, 6.45) is 7.59. The summed E-state index contributed by atoms with van der Waals surface area (Å²) >= 11 is 0. The largest absolute Gasteiger partial charge is 0.303 e. The lowest BCUT2D eigenvalue weighted by molar-refractivity contribution is 0.174. The molecule has 2 fully saturated rings. The van der Waals surface area contributed by atoms with Crippen molar-refractivity contribution in [1.29, 1.82) is 5.26 Å². The van der Waals surface area contributed by atoms with Crippen molar-refractivity contribution in [2.75, 3.05) is 32.7 Å². The van der Waals surface area contributed by atoms with Crippen LogP contribution in [0.5, 0.6) is 0 Å². The molecule has 1 atom stereocenters. The van der Waals surface area contributed by atoms with Crippen molar-refractivity contribution < 1.29 is 0 Å². The van der Waals surface area contributed by atoms with E-state index in [1.807, 2.05) is 0 Å². The predicted molar refractivity (Wildman–Crippen MR) is 65.1 cm³/mol. The molecule has 90 valence electrons. The molecular formula is C13H23N3. The van der Waals surface area contributed by atoms with Gasteiger partial charge in [0, 0.05) is 6.54 Å². The number of piperidine rings is 1. The van der Waals surface area contributed by atoms with Crippen molar-refractivity contribution in [1.82, 2.24) is 9.80 Å². The van der Waals surface area contributed by atoms with Crippen molar-refractivity contribution in [3.05, 3.63) is 0 Å². The molecule has 0 aromatic rings. The number of likely N-dealkylation sites (tertiary alicyclic amines) is 2. The minimum Gasteiger partial charge on any atom is -0.303 e. The molecule has 16 heavy (non-hydrogen) atoms. The summed E-state index contributed by atoms with van der Waals surface area (Å²) in [5, 5.41) is 9.07. The van der Waals surface area contributed by atoms with Gasteiger partial charge in [0.05, 0.1) is 12.1 Å². The van der Waals surface area contributed by atoms with Gasteiger partial charge in [0.15, 0.2) is 0 Å². The van der Waals surface area contributed by atoms with Crippen LogP contribution in [0.3, 0.4) is 0 Å². The zero-order valence-electron chi connectivity index (χ0n) is 10.2. The first kappa shape index (κ1) is 11.9. The Hall–Kier alpha value is -0.590. The van der Waals surface area contributed by atoms with Gasteiger partial charge in [-0.25, -0.2) is 0 Å². The van der Waals surface area contributed by atoms with Crippen LogP contribution in [-0.2, 0) is 0 Å². The van der Waals surface area contributed by atoms with Gasteiger partial charge in [-0.2, -0.15) is 5.26 Å². The Balaban J connectivity index is 1.65. The van der Waals surface area contributed by atoms with Gasteiger partial charge in [-0.05, 0) is 64.7 Å². The number of nitrogens with zero attached hydrogens (tertiary/aromatic N) is 3. The number of hydrogen-bond donors (Lipinski definition) is 0. The Morgan fingerprint density at radius 3 is 2.50 bits per heavy atom.